The largest absolute Gasteiger partial charge is 0.460 e. The quantitative estimate of drug-likeness (QED) is 0.331. The van der Waals surface area contributed by atoms with Crippen LogP contribution in [-0.2, 0) is 19.1 Å². The molecule has 2 aliphatic carbocycles. The maximum absolute atomic E-state index is 11.1. The minimum Gasteiger partial charge on any atom is -0.460 e. The molecule has 0 bridgehead atoms. The highest BCUT2D eigenvalue weighted by molar-refractivity contribution is 9.10. The molecule has 4 rings (SSSR count). The number of ketones is 1. The number of hydrogen-bond donors (Lipinski definition) is 1. The molecule has 1 unspecified atom stereocenters. The summed E-state index contributed by atoms with van der Waals surface area (Å²) in [5.74, 6) is 0.145. The molecule has 1 atom stereocenters. The van der Waals surface area contributed by atoms with Crippen LogP contribution in [0, 0.1) is 0 Å². The number of aliphatic hydroxyl groups excluding tert-OH is 1. The standard InChI is InChI=1S/C12H15NO2.C9H10BrN.C4H6O3/c1-8(14)12(15)10-6-3-7-13-11(10)9-4-2-5-9;10-8-5-2-6-11-9(8)7-3-1-4-7;1-2-7-4(6)3-5/h3,6-7,9,12,15H,2,4-5H2,1H3;2,5-7H,1,3-4H2;3H,2H2,1H3. The SMILES string of the molecule is Brc1cccnc1C1CCC1.CC(=O)C(O)c1cccnc1C1CCC1.CCOC(=O)C=O. The van der Waals surface area contributed by atoms with Crippen molar-refractivity contribution >= 4 is 34.0 Å². The van der Waals surface area contributed by atoms with Gasteiger partial charge in [-0.15, -0.1) is 0 Å². The number of aromatic nitrogens is 2. The molecule has 33 heavy (non-hydrogen) atoms. The van der Waals surface area contributed by atoms with Crippen LogP contribution in [0.2, 0.25) is 0 Å². The van der Waals surface area contributed by atoms with Crippen LogP contribution in [0.5, 0.6) is 0 Å². The third-order valence-corrected chi connectivity index (χ3v) is 6.37. The molecule has 2 saturated carbocycles. The summed E-state index contributed by atoms with van der Waals surface area (Å²) in [6, 6.07) is 7.60. The molecule has 2 fully saturated rings. The number of ether oxygens (including phenoxy) is 1. The second-order valence-electron chi connectivity index (χ2n) is 7.99. The van der Waals surface area contributed by atoms with E-state index in [9.17, 15) is 19.5 Å². The molecule has 0 amide bonds. The summed E-state index contributed by atoms with van der Waals surface area (Å²) < 4.78 is 5.36. The zero-order valence-electron chi connectivity index (χ0n) is 19.1. The second-order valence-corrected chi connectivity index (χ2v) is 8.84. The van der Waals surface area contributed by atoms with Crippen LogP contribution in [0.4, 0.5) is 0 Å². The molecule has 178 valence electrons. The van der Waals surface area contributed by atoms with Crippen molar-refractivity contribution in [2.24, 2.45) is 0 Å². The maximum Gasteiger partial charge on any atom is 0.371 e. The van der Waals surface area contributed by atoms with Gasteiger partial charge in [-0.2, -0.15) is 0 Å². The number of halogens is 1. The van der Waals surface area contributed by atoms with Crippen molar-refractivity contribution in [3.63, 3.8) is 0 Å². The molecule has 2 heterocycles. The van der Waals surface area contributed by atoms with E-state index >= 15 is 0 Å². The molecule has 0 aliphatic heterocycles. The summed E-state index contributed by atoms with van der Waals surface area (Å²) in [5.41, 5.74) is 2.85. The lowest BCUT2D eigenvalue weighted by Crippen LogP contribution is -2.17. The molecule has 2 aromatic heterocycles. The molecule has 0 saturated heterocycles. The van der Waals surface area contributed by atoms with Gasteiger partial charge in [0, 0.05) is 40.0 Å². The number of aldehydes is 1. The number of aliphatic hydroxyl groups is 1. The Hall–Kier alpha value is -2.45. The van der Waals surface area contributed by atoms with Gasteiger partial charge in [0.25, 0.3) is 0 Å². The van der Waals surface area contributed by atoms with Crippen molar-refractivity contribution in [3.05, 3.63) is 58.1 Å². The van der Waals surface area contributed by atoms with Crippen molar-refractivity contribution in [2.45, 2.75) is 70.3 Å². The van der Waals surface area contributed by atoms with Crippen LogP contribution in [0.15, 0.2) is 41.1 Å². The molecular formula is C25H31BrN2O5. The van der Waals surface area contributed by atoms with Crippen molar-refractivity contribution in [1.82, 2.24) is 9.97 Å². The fourth-order valence-electron chi connectivity index (χ4n) is 3.46. The van der Waals surface area contributed by atoms with Crippen molar-refractivity contribution < 1.29 is 24.2 Å². The van der Waals surface area contributed by atoms with Gasteiger partial charge in [-0.25, -0.2) is 4.79 Å². The number of pyridine rings is 2. The molecule has 0 radical (unpaired) electrons. The van der Waals surface area contributed by atoms with E-state index in [0.29, 0.717) is 11.5 Å². The van der Waals surface area contributed by atoms with Gasteiger partial charge >= 0.3 is 5.97 Å². The molecule has 0 aromatic carbocycles. The number of Topliss-reactive ketones (excluding diaryl/α,β-unsaturated/α-hetero) is 1. The third kappa shape index (κ3) is 8.12. The summed E-state index contributed by atoms with van der Waals surface area (Å²) in [7, 11) is 0. The predicted molar refractivity (Wildman–Crippen MR) is 128 cm³/mol. The predicted octanol–water partition coefficient (Wildman–Crippen LogP) is 4.83. The van der Waals surface area contributed by atoms with Gasteiger partial charge < -0.3 is 9.84 Å². The molecule has 7 nitrogen and oxygen atoms in total. The van der Waals surface area contributed by atoms with E-state index in [1.54, 1.807) is 25.3 Å². The highest BCUT2D eigenvalue weighted by atomic mass is 79.9. The molecular weight excluding hydrogens is 488 g/mol. The van der Waals surface area contributed by atoms with E-state index in [1.807, 2.05) is 12.3 Å². The Morgan fingerprint density at radius 2 is 1.64 bits per heavy atom. The van der Waals surface area contributed by atoms with E-state index in [0.717, 1.165) is 24.5 Å². The lowest BCUT2D eigenvalue weighted by atomic mass is 9.80. The Morgan fingerprint density at radius 1 is 1.09 bits per heavy atom. The van der Waals surface area contributed by atoms with E-state index in [1.165, 1.54) is 42.8 Å². The van der Waals surface area contributed by atoms with Crippen molar-refractivity contribution in [3.8, 4) is 0 Å². The van der Waals surface area contributed by atoms with Crippen LogP contribution in [0.25, 0.3) is 0 Å². The lowest BCUT2D eigenvalue weighted by molar-refractivity contribution is -0.148. The third-order valence-electron chi connectivity index (χ3n) is 5.70. The van der Waals surface area contributed by atoms with Crippen LogP contribution in [0.1, 0.15) is 87.3 Å². The first kappa shape index (κ1) is 26.8. The van der Waals surface area contributed by atoms with E-state index in [-0.39, 0.29) is 18.7 Å². The lowest BCUT2D eigenvalue weighted by Gasteiger charge is -2.27. The minimum atomic E-state index is -1.01. The molecule has 2 aromatic rings. The minimum absolute atomic E-state index is 0.142. The van der Waals surface area contributed by atoms with Crippen molar-refractivity contribution in [1.29, 1.82) is 0 Å². The summed E-state index contributed by atoms with van der Waals surface area (Å²) >= 11 is 3.51. The van der Waals surface area contributed by atoms with Crippen LogP contribution < -0.4 is 0 Å². The molecule has 0 spiro atoms. The fourth-order valence-corrected chi connectivity index (χ4v) is 4.04. The highest BCUT2D eigenvalue weighted by Gasteiger charge is 2.27. The number of nitrogens with zero attached hydrogens (tertiary/aromatic N) is 2. The monoisotopic (exact) mass is 518 g/mol. The van der Waals surface area contributed by atoms with Crippen LogP contribution in [-0.4, -0.2) is 39.7 Å². The first-order valence-electron chi connectivity index (χ1n) is 11.2. The Balaban J connectivity index is 0.000000189. The fraction of sp³-hybridized carbons (Fsp3) is 0.480. The van der Waals surface area contributed by atoms with E-state index < -0.39 is 12.1 Å². The van der Waals surface area contributed by atoms with Crippen LogP contribution in [0.3, 0.4) is 0 Å². The summed E-state index contributed by atoms with van der Waals surface area (Å²) in [6.07, 6.45) is 10.2. The average molecular weight is 519 g/mol. The Kier molecular flexibility index (Phi) is 11.3. The van der Waals surface area contributed by atoms with Gasteiger partial charge in [0.1, 0.15) is 6.10 Å². The summed E-state index contributed by atoms with van der Waals surface area (Å²) in [5, 5.41) is 9.76. The van der Waals surface area contributed by atoms with Gasteiger partial charge in [-0.1, -0.05) is 18.9 Å². The van der Waals surface area contributed by atoms with Gasteiger partial charge in [0.2, 0.25) is 6.29 Å². The normalized spacial score (nSPS) is 15.9. The number of rotatable bonds is 6. The maximum atomic E-state index is 11.1. The smallest absolute Gasteiger partial charge is 0.371 e. The molecule has 1 N–H and O–H groups in total. The molecule has 2 aliphatic rings. The zero-order chi connectivity index (χ0) is 24.2. The van der Waals surface area contributed by atoms with Gasteiger partial charge in [0.15, 0.2) is 5.78 Å². The average Bonchev–Trinajstić information content (AvgIpc) is 2.74. The second kappa shape index (κ2) is 14.0. The highest BCUT2D eigenvalue weighted by Crippen LogP contribution is 2.39. The topological polar surface area (TPSA) is 106 Å². The summed E-state index contributed by atoms with van der Waals surface area (Å²) in [4.78, 5) is 39.0. The zero-order valence-corrected chi connectivity index (χ0v) is 20.7. The Labute approximate surface area is 203 Å². The van der Waals surface area contributed by atoms with Gasteiger partial charge in [-0.05, 0) is 73.7 Å². The first-order chi connectivity index (χ1) is 15.9. The van der Waals surface area contributed by atoms with E-state index in [2.05, 4.69) is 36.7 Å². The number of carbonyl (C=O) groups is 3. The summed E-state index contributed by atoms with van der Waals surface area (Å²) in [6.45, 7) is 3.31. The Morgan fingerprint density at radius 3 is 2.06 bits per heavy atom. The first-order valence-corrected chi connectivity index (χ1v) is 12.0. The number of esters is 1. The molecule has 8 heteroatoms. The number of hydrogen-bond acceptors (Lipinski definition) is 7. The van der Waals surface area contributed by atoms with Gasteiger partial charge in [-0.3, -0.25) is 19.6 Å². The number of carbonyl (C=O) groups excluding carboxylic acids is 3. The van der Waals surface area contributed by atoms with E-state index in [4.69, 9.17) is 0 Å². The Bertz CT molecular complexity index is 929. The van der Waals surface area contributed by atoms with Gasteiger partial charge in [0.05, 0.1) is 12.3 Å². The van der Waals surface area contributed by atoms with Crippen LogP contribution >= 0.6 is 15.9 Å². The van der Waals surface area contributed by atoms with Crippen molar-refractivity contribution in [2.75, 3.05) is 6.61 Å².